The highest BCUT2D eigenvalue weighted by Gasteiger charge is 2.19. The van der Waals surface area contributed by atoms with Crippen LogP contribution < -0.4 is 10.6 Å². The average molecular weight is 408 g/mol. The lowest BCUT2D eigenvalue weighted by molar-refractivity contribution is -0.384. The standard InChI is InChI=1S/C20H33N5O2S/c1-3-12-24-13-9-18(10-14-24)23-20(21-11-4-15-28-2)22-16-17-5-7-19(8-6-17)25(26)27/h5-8,18H,3-4,9-16H2,1-2H3,(H2,21,22,23). The SMILES string of the molecule is CCCN1CCC(NC(=NCc2ccc([N+](=O)[O-])cc2)NCCCSC)CC1. The van der Waals surface area contributed by atoms with E-state index in [1.807, 2.05) is 11.8 Å². The van der Waals surface area contributed by atoms with Gasteiger partial charge in [0.1, 0.15) is 0 Å². The van der Waals surface area contributed by atoms with Gasteiger partial charge in [-0.25, -0.2) is 4.99 Å². The van der Waals surface area contributed by atoms with Crippen molar-refractivity contribution in [1.82, 2.24) is 15.5 Å². The van der Waals surface area contributed by atoms with Crippen molar-refractivity contribution in [2.45, 2.75) is 45.2 Å². The van der Waals surface area contributed by atoms with Crippen LogP contribution in [0.3, 0.4) is 0 Å². The van der Waals surface area contributed by atoms with Gasteiger partial charge in [-0.1, -0.05) is 19.1 Å². The molecule has 1 fully saturated rings. The quantitative estimate of drug-likeness (QED) is 0.204. The largest absolute Gasteiger partial charge is 0.356 e. The summed E-state index contributed by atoms with van der Waals surface area (Å²) < 4.78 is 0. The summed E-state index contributed by atoms with van der Waals surface area (Å²) in [6, 6.07) is 7.06. The van der Waals surface area contributed by atoms with Crippen molar-refractivity contribution >= 4 is 23.4 Å². The number of nitrogens with one attached hydrogen (secondary N) is 2. The maximum atomic E-state index is 10.8. The third kappa shape index (κ3) is 8.06. The molecule has 0 aromatic heterocycles. The van der Waals surface area contributed by atoms with E-state index in [2.05, 4.69) is 28.7 Å². The number of aliphatic imine (C=N–C) groups is 1. The van der Waals surface area contributed by atoms with Crippen LogP contribution in [0.1, 0.15) is 38.2 Å². The van der Waals surface area contributed by atoms with E-state index in [0.29, 0.717) is 12.6 Å². The first-order valence-electron chi connectivity index (χ1n) is 10.1. The molecule has 0 amide bonds. The minimum absolute atomic E-state index is 0.111. The van der Waals surface area contributed by atoms with Gasteiger partial charge in [0.05, 0.1) is 11.5 Å². The molecule has 0 aliphatic carbocycles. The smallest absolute Gasteiger partial charge is 0.269 e. The van der Waals surface area contributed by atoms with Crippen LogP contribution in [0.25, 0.3) is 0 Å². The first kappa shape index (κ1) is 22.5. The second kappa shape index (κ2) is 12.6. The minimum atomic E-state index is -0.377. The van der Waals surface area contributed by atoms with E-state index in [9.17, 15) is 10.1 Å². The Labute approximate surface area is 172 Å². The lowest BCUT2D eigenvalue weighted by atomic mass is 10.1. The average Bonchev–Trinajstić information content (AvgIpc) is 2.71. The Hall–Kier alpha value is -1.80. The summed E-state index contributed by atoms with van der Waals surface area (Å²) in [5, 5.41) is 17.8. The Balaban J connectivity index is 1.92. The first-order chi connectivity index (χ1) is 13.6. The van der Waals surface area contributed by atoms with Crippen molar-refractivity contribution in [2.75, 3.05) is 38.2 Å². The Morgan fingerprint density at radius 1 is 1.32 bits per heavy atom. The van der Waals surface area contributed by atoms with Crippen LogP contribution >= 0.6 is 11.8 Å². The molecule has 1 aliphatic rings. The van der Waals surface area contributed by atoms with Gasteiger partial charge in [-0.05, 0) is 49.8 Å². The van der Waals surface area contributed by atoms with E-state index in [1.165, 1.54) is 25.1 Å². The number of nitro groups is 1. The molecule has 0 radical (unpaired) electrons. The van der Waals surface area contributed by atoms with Gasteiger partial charge in [0.2, 0.25) is 0 Å². The second-order valence-electron chi connectivity index (χ2n) is 7.12. The number of guanidine groups is 1. The first-order valence-corrected chi connectivity index (χ1v) is 11.5. The van der Waals surface area contributed by atoms with Gasteiger partial charge in [0, 0.05) is 37.8 Å². The number of non-ortho nitro benzene ring substituents is 1. The molecule has 1 aliphatic heterocycles. The molecule has 1 heterocycles. The molecule has 8 heteroatoms. The van der Waals surface area contributed by atoms with Crippen LogP contribution in [0.15, 0.2) is 29.3 Å². The third-order valence-corrected chi connectivity index (χ3v) is 5.55. The minimum Gasteiger partial charge on any atom is -0.356 e. The zero-order valence-electron chi connectivity index (χ0n) is 17.0. The van der Waals surface area contributed by atoms with Gasteiger partial charge in [-0.2, -0.15) is 11.8 Å². The summed E-state index contributed by atoms with van der Waals surface area (Å²) in [6.07, 6.45) is 6.67. The monoisotopic (exact) mass is 407 g/mol. The molecule has 1 saturated heterocycles. The van der Waals surface area contributed by atoms with Gasteiger partial charge in [0.25, 0.3) is 5.69 Å². The van der Waals surface area contributed by atoms with Gasteiger partial charge in [-0.15, -0.1) is 0 Å². The topological polar surface area (TPSA) is 82.8 Å². The number of benzene rings is 1. The molecule has 1 aromatic carbocycles. The highest BCUT2D eigenvalue weighted by Crippen LogP contribution is 2.13. The predicted octanol–water partition coefficient (Wildman–Crippen LogP) is 3.26. The fourth-order valence-electron chi connectivity index (χ4n) is 3.28. The van der Waals surface area contributed by atoms with Gasteiger partial charge in [-0.3, -0.25) is 10.1 Å². The molecule has 156 valence electrons. The number of piperidine rings is 1. The van der Waals surface area contributed by atoms with Crippen LogP contribution in [-0.4, -0.2) is 60.0 Å². The fraction of sp³-hybridized carbons (Fsp3) is 0.650. The summed E-state index contributed by atoms with van der Waals surface area (Å²) in [5.41, 5.74) is 1.08. The molecule has 0 saturated carbocycles. The molecular formula is C20H33N5O2S. The molecule has 0 spiro atoms. The lowest BCUT2D eigenvalue weighted by Crippen LogP contribution is -2.49. The molecule has 0 bridgehead atoms. The molecule has 2 rings (SSSR count). The molecule has 1 aromatic rings. The fourth-order valence-corrected chi connectivity index (χ4v) is 3.71. The molecule has 0 unspecified atom stereocenters. The van der Waals surface area contributed by atoms with E-state index in [-0.39, 0.29) is 10.6 Å². The van der Waals surface area contributed by atoms with E-state index in [0.717, 1.165) is 56.2 Å². The molecule has 2 N–H and O–H groups in total. The normalized spacial score (nSPS) is 16.1. The third-order valence-electron chi connectivity index (χ3n) is 4.85. The molecule has 28 heavy (non-hydrogen) atoms. The van der Waals surface area contributed by atoms with Gasteiger partial charge >= 0.3 is 0 Å². The summed E-state index contributed by atoms with van der Waals surface area (Å²) >= 11 is 1.85. The number of likely N-dealkylation sites (tertiary alicyclic amines) is 1. The van der Waals surface area contributed by atoms with Crippen molar-refractivity contribution in [3.63, 3.8) is 0 Å². The van der Waals surface area contributed by atoms with E-state index < -0.39 is 0 Å². The summed E-state index contributed by atoms with van der Waals surface area (Å²) in [4.78, 5) is 17.7. The second-order valence-corrected chi connectivity index (χ2v) is 8.11. The predicted molar refractivity (Wildman–Crippen MR) is 118 cm³/mol. The highest BCUT2D eigenvalue weighted by atomic mass is 32.2. The molecule has 0 atom stereocenters. The van der Waals surface area contributed by atoms with Crippen LogP contribution in [0.2, 0.25) is 0 Å². The number of rotatable bonds is 10. The lowest BCUT2D eigenvalue weighted by Gasteiger charge is -2.32. The van der Waals surface area contributed by atoms with E-state index in [4.69, 9.17) is 4.99 Å². The van der Waals surface area contributed by atoms with Crippen LogP contribution in [0.4, 0.5) is 5.69 Å². The molecule has 7 nitrogen and oxygen atoms in total. The van der Waals surface area contributed by atoms with Gasteiger partial charge < -0.3 is 15.5 Å². The van der Waals surface area contributed by atoms with Crippen molar-refractivity contribution in [3.05, 3.63) is 39.9 Å². The van der Waals surface area contributed by atoms with Crippen molar-refractivity contribution in [3.8, 4) is 0 Å². The van der Waals surface area contributed by atoms with Crippen molar-refractivity contribution < 1.29 is 4.92 Å². The Morgan fingerprint density at radius 3 is 2.64 bits per heavy atom. The highest BCUT2D eigenvalue weighted by molar-refractivity contribution is 7.98. The van der Waals surface area contributed by atoms with E-state index in [1.54, 1.807) is 12.1 Å². The van der Waals surface area contributed by atoms with Crippen LogP contribution in [-0.2, 0) is 6.54 Å². The summed E-state index contributed by atoms with van der Waals surface area (Å²) in [7, 11) is 0. The maximum absolute atomic E-state index is 10.8. The van der Waals surface area contributed by atoms with Crippen molar-refractivity contribution in [1.29, 1.82) is 0 Å². The number of nitro benzene ring substituents is 1. The number of nitrogens with zero attached hydrogens (tertiary/aromatic N) is 3. The van der Waals surface area contributed by atoms with Crippen molar-refractivity contribution in [2.24, 2.45) is 4.99 Å². The Kier molecular flexibility index (Phi) is 10.1. The number of hydrogen-bond donors (Lipinski definition) is 2. The zero-order chi connectivity index (χ0) is 20.2. The maximum Gasteiger partial charge on any atom is 0.269 e. The van der Waals surface area contributed by atoms with Gasteiger partial charge in [0.15, 0.2) is 5.96 Å². The molecular weight excluding hydrogens is 374 g/mol. The summed E-state index contributed by atoms with van der Waals surface area (Å²) in [5.74, 6) is 1.96. The Bertz CT molecular complexity index is 616. The van der Waals surface area contributed by atoms with Crippen LogP contribution in [0.5, 0.6) is 0 Å². The number of hydrogen-bond acceptors (Lipinski definition) is 5. The Morgan fingerprint density at radius 2 is 2.04 bits per heavy atom. The van der Waals surface area contributed by atoms with Crippen LogP contribution in [0, 0.1) is 10.1 Å². The van der Waals surface area contributed by atoms with E-state index >= 15 is 0 Å². The summed E-state index contributed by atoms with van der Waals surface area (Å²) in [6.45, 7) is 7.07. The zero-order valence-corrected chi connectivity index (χ0v) is 17.8. The number of thioether (sulfide) groups is 1.